The molecular weight excluding hydrogens is 447 g/mol. The van der Waals surface area contributed by atoms with Crippen molar-refractivity contribution in [1.82, 2.24) is 25.8 Å². The Bertz CT molecular complexity index is 824. The number of H-pyrrole nitrogens is 1. The third-order valence-electron chi connectivity index (χ3n) is 3.55. The van der Waals surface area contributed by atoms with Crippen LogP contribution in [0.15, 0.2) is 44.4 Å². The molecule has 9 heteroatoms. The lowest BCUT2D eigenvalue weighted by molar-refractivity contribution is 0.441. The lowest BCUT2D eigenvalue weighted by Gasteiger charge is -2.15. The summed E-state index contributed by atoms with van der Waals surface area (Å²) >= 11 is 0. The van der Waals surface area contributed by atoms with Gasteiger partial charge < -0.3 is 19.5 Å². The van der Waals surface area contributed by atoms with E-state index in [1.165, 1.54) is 0 Å². The average Bonchev–Trinajstić information content (AvgIpc) is 3.33. The van der Waals surface area contributed by atoms with Crippen molar-refractivity contribution in [1.29, 1.82) is 0 Å². The molecule has 1 unspecified atom stereocenters. The zero-order chi connectivity index (χ0) is 17.6. The molecule has 0 fully saturated rings. The number of furan rings is 2. The van der Waals surface area contributed by atoms with E-state index in [2.05, 4.69) is 30.8 Å². The third kappa shape index (κ3) is 5.10. The van der Waals surface area contributed by atoms with Gasteiger partial charge in [-0.3, -0.25) is 5.10 Å². The maximum absolute atomic E-state index is 5.65. The molecule has 1 atom stereocenters. The summed E-state index contributed by atoms with van der Waals surface area (Å²) in [7, 11) is 0. The minimum atomic E-state index is -0.0000873. The summed E-state index contributed by atoms with van der Waals surface area (Å²) in [4.78, 5) is 8.92. The first kappa shape index (κ1) is 20.0. The molecule has 3 aromatic rings. The highest BCUT2D eigenvalue weighted by atomic mass is 127. The Hall–Kier alpha value is -2.30. The van der Waals surface area contributed by atoms with E-state index in [0.717, 1.165) is 18.1 Å². The van der Waals surface area contributed by atoms with Gasteiger partial charge in [0.15, 0.2) is 11.7 Å². The lowest BCUT2D eigenvalue weighted by atomic mass is 10.2. The number of aliphatic imine (C=N–C) groups is 1. The van der Waals surface area contributed by atoms with Crippen molar-refractivity contribution < 1.29 is 8.83 Å². The van der Waals surface area contributed by atoms with Crippen LogP contribution < -0.4 is 10.6 Å². The number of halogens is 1. The summed E-state index contributed by atoms with van der Waals surface area (Å²) in [5.41, 5.74) is 0. The standard InChI is InChI=1S/C17H22N6O2.HI/c1-4-18-17(20-12(3)13-8-7-11(2)25-13)19-10-15-21-16(23-22-15)14-6-5-9-24-14;/h5-9,12H,4,10H2,1-3H3,(H2,18,19,20)(H,21,22,23);1H. The number of hydrogen-bond donors (Lipinski definition) is 3. The van der Waals surface area contributed by atoms with E-state index in [1.807, 2.05) is 39.0 Å². The van der Waals surface area contributed by atoms with E-state index < -0.39 is 0 Å². The fraction of sp³-hybridized carbons (Fsp3) is 0.353. The van der Waals surface area contributed by atoms with Gasteiger partial charge in [0.25, 0.3) is 0 Å². The van der Waals surface area contributed by atoms with Crippen LogP contribution >= 0.6 is 24.0 Å². The molecule has 0 amide bonds. The summed E-state index contributed by atoms with van der Waals surface area (Å²) in [6, 6.07) is 7.52. The van der Waals surface area contributed by atoms with E-state index in [0.29, 0.717) is 29.9 Å². The highest BCUT2D eigenvalue weighted by molar-refractivity contribution is 14.0. The normalized spacial score (nSPS) is 12.5. The van der Waals surface area contributed by atoms with Crippen LogP contribution in [0.1, 0.15) is 37.2 Å². The van der Waals surface area contributed by atoms with Gasteiger partial charge in [-0.2, -0.15) is 0 Å². The van der Waals surface area contributed by atoms with Crippen LogP contribution in [-0.4, -0.2) is 27.7 Å². The predicted octanol–water partition coefficient (Wildman–Crippen LogP) is 3.40. The first-order valence-corrected chi connectivity index (χ1v) is 8.22. The number of rotatable bonds is 6. The molecule has 0 bridgehead atoms. The molecule has 0 saturated heterocycles. The van der Waals surface area contributed by atoms with E-state index in [4.69, 9.17) is 8.83 Å². The van der Waals surface area contributed by atoms with Gasteiger partial charge in [-0.15, -0.1) is 29.1 Å². The van der Waals surface area contributed by atoms with Crippen LogP contribution in [0.2, 0.25) is 0 Å². The van der Waals surface area contributed by atoms with E-state index in [1.54, 1.807) is 12.3 Å². The molecule has 0 aliphatic heterocycles. The average molecular weight is 470 g/mol. The van der Waals surface area contributed by atoms with E-state index in [9.17, 15) is 0 Å². The van der Waals surface area contributed by atoms with Crippen LogP contribution in [0, 0.1) is 6.92 Å². The molecule has 0 aromatic carbocycles. The van der Waals surface area contributed by atoms with Gasteiger partial charge in [0.05, 0.1) is 12.3 Å². The van der Waals surface area contributed by atoms with Crippen molar-refractivity contribution in [2.24, 2.45) is 4.99 Å². The van der Waals surface area contributed by atoms with Crippen LogP contribution in [0.5, 0.6) is 0 Å². The summed E-state index contributed by atoms with van der Waals surface area (Å²) in [5.74, 6) is 4.23. The number of aromatic nitrogens is 3. The summed E-state index contributed by atoms with van der Waals surface area (Å²) < 4.78 is 10.9. The first-order valence-electron chi connectivity index (χ1n) is 8.22. The molecule has 0 radical (unpaired) electrons. The van der Waals surface area contributed by atoms with Crippen molar-refractivity contribution in [2.45, 2.75) is 33.4 Å². The summed E-state index contributed by atoms with van der Waals surface area (Å²) in [6.45, 7) is 7.09. The zero-order valence-corrected chi connectivity index (χ0v) is 17.3. The Labute approximate surface area is 168 Å². The van der Waals surface area contributed by atoms with Gasteiger partial charge in [0, 0.05) is 6.54 Å². The lowest BCUT2D eigenvalue weighted by Crippen LogP contribution is -2.38. The molecule has 0 saturated carbocycles. The number of hydrogen-bond acceptors (Lipinski definition) is 5. The van der Waals surface area contributed by atoms with Crippen LogP contribution in [0.4, 0.5) is 0 Å². The van der Waals surface area contributed by atoms with E-state index >= 15 is 0 Å². The summed E-state index contributed by atoms with van der Waals surface area (Å²) in [6.07, 6.45) is 1.59. The molecule has 0 spiro atoms. The molecule has 0 aliphatic carbocycles. The highest BCUT2D eigenvalue weighted by Crippen LogP contribution is 2.16. The second-order valence-electron chi connectivity index (χ2n) is 5.59. The SMILES string of the molecule is CCNC(=NCc1nc(-c2ccco2)n[nH]1)NC(C)c1ccc(C)o1.I. The largest absolute Gasteiger partial charge is 0.464 e. The highest BCUT2D eigenvalue weighted by Gasteiger charge is 2.12. The molecule has 140 valence electrons. The van der Waals surface area contributed by atoms with Gasteiger partial charge in [0.2, 0.25) is 5.82 Å². The molecular formula is C17H23IN6O2. The van der Waals surface area contributed by atoms with Gasteiger partial charge in [-0.25, -0.2) is 9.98 Å². The fourth-order valence-electron chi connectivity index (χ4n) is 2.32. The molecule has 3 rings (SSSR count). The number of aromatic amines is 1. The van der Waals surface area contributed by atoms with Gasteiger partial charge >= 0.3 is 0 Å². The maximum atomic E-state index is 5.65. The topological polar surface area (TPSA) is 104 Å². The van der Waals surface area contributed by atoms with Crippen molar-refractivity contribution in [3.05, 3.63) is 47.9 Å². The second kappa shape index (κ2) is 9.41. The van der Waals surface area contributed by atoms with Gasteiger partial charge in [0.1, 0.15) is 23.9 Å². The minimum absolute atomic E-state index is 0. The Morgan fingerprint density at radius 2 is 2.19 bits per heavy atom. The van der Waals surface area contributed by atoms with Crippen molar-refractivity contribution in [3.63, 3.8) is 0 Å². The molecule has 3 heterocycles. The monoisotopic (exact) mass is 470 g/mol. The Morgan fingerprint density at radius 1 is 1.35 bits per heavy atom. The van der Waals surface area contributed by atoms with Gasteiger partial charge in [-0.1, -0.05) is 0 Å². The van der Waals surface area contributed by atoms with Crippen molar-refractivity contribution >= 4 is 29.9 Å². The first-order chi connectivity index (χ1) is 12.2. The number of nitrogens with zero attached hydrogens (tertiary/aromatic N) is 3. The molecule has 8 nitrogen and oxygen atoms in total. The van der Waals surface area contributed by atoms with Crippen molar-refractivity contribution in [2.75, 3.05) is 6.54 Å². The molecule has 3 aromatic heterocycles. The predicted molar refractivity (Wildman–Crippen MR) is 109 cm³/mol. The molecule has 0 aliphatic rings. The maximum Gasteiger partial charge on any atom is 0.216 e. The van der Waals surface area contributed by atoms with Gasteiger partial charge in [-0.05, 0) is 45.0 Å². The van der Waals surface area contributed by atoms with Crippen LogP contribution in [0.3, 0.4) is 0 Å². The quantitative estimate of drug-likeness (QED) is 0.290. The third-order valence-corrected chi connectivity index (χ3v) is 3.55. The van der Waals surface area contributed by atoms with Crippen molar-refractivity contribution in [3.8, 4) is 11.6 Å². The molecule has 26 heavy (non-hydrogen) atoms. The fourth-order valence-corrected chi connectivity index (χ4v) is 2.32. The second-order valence-corrected chi connectivity index (χ2v) is 5.59. The number of nitrogens with one attached hydrogen (secondary N) is 3. The minimum Gasteiger partial charge on any atom is -0.464 e. The smallest absolute Gasteiger partial charge is 0.216 e. The number of guanidine groups is 1. The van der Waals surface area contributed by atoms with Crippen LogP contribution in [0.25, 0.3) is 11.6 Å². The Morgan fingerprint density at radius 3 is 2.85 bits per heavy atom. The summed E-state index contributed by atoms with van der Waals surface area (Å²) in [5, 5.41) is 13.5. The zero-order valence-electron chi connectivity index (χ0n) is 14.9. The van der Waals surface area contributed by atoms with E-state index in [-0.39, 0.29) is 30.0 Å². The molecule has 3 N–H and O–H groups in total. The Kier molecular flexibility index (Phi) is 7.25. The Balaban J connectivity index is 0.00000243. The number of aryl methyl sites for hydroxylation is 1. The van der Waals surface area contributed by atoms with Crippen LogP contribution in [-0.2, 0) is 6.54 Å².